The Morgan fingerprint density at radius 3 is 2.41 bits per heavy atom. The number of ketones is 1. The molecule has 1 aromatic heterocycles. The summed E-state index contributed by atoms with van der Waals surface area (Å²) in [6, 6.07) is 9.41. The van der Waals surface area contributed by atoms with Crippen molar-refractivity contribution in [2.75, 3.05) is 4.90 Å². The molecule has 1 aliphatic rings. The number of hydrogen-bond donors (Lipinski definition) is 1. The number of non-ortho nitro benzene ring substituents is 1. The minimum Gasteiger partial charge on any atom is -0.507 e. The van der Waals surface area contributed by atoms with Crippen molar-refractivity contribution in [3.05, 3.63) is 105 Å². The first-order chi connectivity index (χ1) is 15.3. The van der Waals surface area contributed by atoms with Crippen molar-refractivity contribution in [1.82, 2.24) is 4.98 Å². The van der Waals surface area contributed by atoms with Crippen molar-refractivity contribution in [2.24, 2.45) is 0 Å². The number of carbonyl (C=O) groups is 2. The average molecular weight is 437 g/mol. The van der Waals surface area contributed by atoms with E-state index in [-0.39, 0.29) is 22.5 Å². The molecule has 8 nitrogen and oxygen atoms in total. The van der Waals surface area contributed by atoms with E-state index >= 15 is 0 Å². The molecule has 1 amide bonds. The van der Waals surface area contributed by atoms with Crippen LogP contribution in [0.4, 0.5) is 20.2 Å². The van der Waals surface area contributed by atoms with Crippen molar-refractivity contribution in [3.8, 4) is 0 Å². The van der Waals surface area contributed by atoms with E-state index in [9.17, 15) is 33.6 Å². The molecule has 4 rings (SSSR count). The zero-order valence-electron chi connectivity index (χ0n) is 16.1. The van der Waals surface area contributed by atoms with Crippen LogP contribution in [0.3, 0.4) is 0 Å². The van der Waals surface area contributed by atoms with Gasteiger partial charge < -0.3 is 5.11 Å². The Hall–Kier alpha value is -4.47. The molecule has 1 fully saturated rings. The molecule has 1 aliphatic heterocycles. The van der Waals surface area contributed by atoms with E-state index in [0.29, 0.717) is 5.56 Å². The number of halogens is 2. The van der Waals surface area contributed by atoms with Gasteiger partial charge in [-0.1, -0.05) is 12.1 Å². The number of nitro groups is 1. The summed E-state index contributed by atoms with van der Waals surface area (Å²) in [6.07, 6.45) is 2.79. The number of rotatable bonds is 4. The quantitative estimate of drug-likeness (QED) is 0.218. The number of carbonyl (C=O) groups excluding carboxylic acids is 2. The number of nitro benzene ring substituents is 1. The highest BCUT2D eigenvalue weighted by Crippen LogP contribution is 2.42. The second kappa shape index (κ2) is 7.99. The van der Waals surface area contributed by atoms with Gasteiger partial charge in [0.1, 0.15) is 5.76 Å². The lowest BCUT2D eigenvalue weighted by Crippen LogP contribution is -2.29. The van der Waals surface area contributed by atoms with Gasteiger partial charge in [-0.3, -0.25) is 29.6 Å². The third-order valence-electron chi connectivity index (χ3n) is 4.98. The Bertz CT molecular complexity index is 1290. The third kappa shape index (κ3) is 3.47. The zero-order valence-corrected chi connectivity index (χ0v) is 16.1. The monoisotopic (exact) mass is 437 g/mol. The highest BCUT2D eigenvalue weighted by molar-refractivity contribution is 6.51. The summed E-state index contributed by atoms with van der Waals surface area (Å²) in [6.45, 7) is 0. The number of hydrogen-bond acceptors (Lipinski definition) is 6. The summed E-state index contributed by atoms with van der Waals surface area (Å²) < 4.78 is 27.3. The van der Waals surface area contributed by atoms with Gasteiger partial charge >= 0.3 is 0 Å². The first-order valence-corrected chi connectivity index (χ1v) is 9.20. The molecule has 0 bridgehead atoms. The first-order valence-electron chi connectivity index (χ1n) is 9.20. The van der Waals surface area contributed by atoms with Gasteiger partial charge in [-0.25, -0.2) is 8.78 Å². The molecule has 0 spiro atoms. The van der Waals surface area contributed by atoms with Gasteiger partial charge in [0.15, 0.2) is 11.6 Å². The fourth-order valence-corrected chi connectivity index (χ4v) is 3.52. The normalized spacial score (nSPS) is 17.6. The summed E-state index contributed by atoms with van der Waals surface area (Å²) >= 11 is 0. The predicted octanol–water partition coefficient (Wildman–Crippen LogP) is 3.89. The molecule has 0 radical (unpaired) electrons. The van der Waals surface area contributed by atoms with Gasteiger partial charge in [-0.15, -0.1) is 0 Å². The Morgan fingerprint density at radius 2 is 1.75 bits per heavy atom. The smallest absolute Gasteiger partial charge is 0.300 e. The zero-order chi connectivity index (χ0) is 23.0. The minimum atomic E-state index is -1.23. The number of nitrogens with zero attached hydrogens (tertiary/aromatic N) is 3. The fraction of sp³-hybridized carbons (Fsp3) is 0.0455. The average Bonchev–Trinajstić information content (AvgIpc) is 3.06. The highest BCUT2D eigenvalue weighted by Gasteiger charge is 2.47. The van der Waals surface area contributed by atoms with Crippen LogP contribution in [0.25, 0.3) is 5.76 Å². The number of benzene rings is 2. The van der Waals surface area contributed by atoms with Crippen LogP contribution in [0.5, 0.6) is 0 Å². The summed E-state index contributed by atoms with van der Waals surface area (Å²) in [5.41, 5.74) is -0.487. The van der Waals surface area contributed by atoms with Crippen LogP contribution in [0.15, 0.2) is 72.6 Å². The van der Waals surface area contributed by atoms with E-state index in [1.807, 2.05) is 0 Å². The number of aromatic nitrogens is 1. The number of aliphatic hydroxyl groups excluding tert-OH is 1. The molecule has 2 aromatic carbocycles. The number of Topliss-reactive ketones (excluding diaryl/α,β-unsaturated/α-hetero) is 1. The van der Waals surface area contributed by atoms with E-state index < -0.39 is 40.0 Å². The summed E-state index contributed by atoms with van der Waals surface area (Å²) in [4.78, 5) is 41.1. The van der Waals surface area contributed by atoms with E-state index in [4.69, 9.17) is 0 Å². The lowest BCUT2D eigenvalue weighted by Gasteiger charge is -2.25. The van der Waals surface area contributed by atoms with E-state index in [1.54, 1.807) is 0 Å². The molecule has 0 saturated carbocycles. The number of amides is 1. The molecule has 3 aromatic rings. The maximum atomic E-state index is 13.9. The maximum Gasteiger partial charge on any atom is 0.300 e. The van der Waals surface area contributed by atoms with Crippen molar-refractivity contribution < 1.29 is 28.4 Å². The molecule has 160 valence electrons. The molecule has 1 N–H and O–H groups in total. The molecular weight excluding hydrogens is 424 g/mol. The van der Waals surface area contributed by atoms with E-state index in [0.717, 1.165) is 29.2 Å². The molecule has 1 unspecified atom stereocenters. The minimum absolute atomic E-state index is 0.0541. The topological polar surface area (TPSA) is 114 Å². The van der Waals surface area contributed by atoms with E-state index in [1.165, 1.54) is 42.7 Å². The van der Waals surface area contributed by atoms with Crippen LogP contribution in [0.1, 0.15) is 17.2 Å². The van der Waals surface area contributed by atoms with Gasteiger partial charge in [0.05, 0.1) is 16.5 Å². The van der Waals surface area contributed by atoms with Crippen molar-refractivity contribution in [1.29, 1.82) is 0 Å². The van der Waals surface area contributed by atoms with E-state index in [2.05, 4.69) is 4.98 Å². The number of pyridine rings is 1. The molecule has 1 atom stereocenters. The summed E-state index contributed by atoms with van der Waals surface area (Å²) in [5, 5.41) is 22.0. The van der Waals surface area contributed by atoms with Crippen LogP contribution >= 0.6 is 0 Å². The molecular formula is C22H13F2N3O5. The summed E-state index contributed by atoms with van der Waals surface area (Å²) in [5.74, 6) is -5.16. The number of anilines is 1. The first kappa shape index (κ1) is 20.8. The Balaban J connectivity index is 1.95. The van der Waals surface area contributed by atoms with Crippen molar-refractivity contribution in [3.63, 3.8) is 0 Å². The Labute approximate surface area is 179 Å². The van der Waals surface area contributed by atoms with Crippen molar-refractivity contribution >= 4 is 28.8 Å². The molecule has 0 aliphatic carbocycles. The van der Waals surface area contributed by atoms with Crippen LogP contribution in [-0.2, 0) is 9.59 Å². The van der Waals surface area contributed by atoms with Crippen molar-refractivity contribution in [2.45, 2.75) is 6.04 Å². The van der Waals surface area contributed by atoms with Crippen LogP contribution < -0.4 is 4.90 Å². The Kier molecular flexibility index (Phi) is 5.19. The lowest BCUT2D eigenvalue weighted by atomic mass is 9.95. The highest BCUT2D eigenvalue weighted by atomic mass is 19.2. The fourth-order valence-electron chi connectivity index (χ4n) is 3.52. The molecule has 32 heavy (non-hydrogen) atoms. The maximum absolute atomic E-state index is 13.9. The van der Waals surface area contributed by atoms with Gasteiger partial charge in [-0.2, -0.15) is 0 Å². The predicted molar refractivity (Wildman–Crippen MR) is 108 cm³/mol. The lowest BCUT2D eigenvalue weighted by molar-refractivity contribution is -0.384. The standard InChI is InChI=1S/C22H13F2N3O5/c23-16-5-4-14(11-17(16)24)26-19(12-6-8-25-9-7-12)18(21(29)22(26)30)20(28)13-2-1-3-15(10-13)27(31)32/h1-11,19,28H/b20-18+. The molecule has 10 heteroatoms. The second-order valence-electron chi connectivity index (χ2n) is 6.86. The largest absolute Gasteiger partial charge is 0.507 e. The van der Waals surface area contributed by atoms with Gasteiger partial charge in [-0.05, 0) is 29.8 Å². The second-order valence-corrected chi connectivity index (χ2v) is 6.86. The third-order valence-corrected chi connectivity index (χ3v) is 4.98. The van der Waals surface area contributed by atoms with Gasteiger partial charge in [0.2, 0.25) is 0 Å². The van der Waals surface area contributed by atoms with Crippen LogP contribution in [0.2, 0.25) is 0 Å². The SMILES string of the molecule is O=C1C(=O)N(c2ccc(F)c(F)c2)C(c2ccncc2)/C1=C(\O)c1cccc([N+](=O)[O-])c1. The number of aliphatic hydroxyl groups is 1. The van der Waals surface area contributed by atoms with Crippen LogP contribution in [-0.4, -0.2) is 26.7 Å². The Morgan fingerprint density at radius 1 is 1.03 bits per heavy atom. The molecule has 2 heterocycles. The van der Waals surface area contributed by atoms with Crippen LogP contribution in [0, 0.1) is 21.7 Å². The van der Waals surface area contributed by atoms with Gasteiger partial charge in [0, 0.05) is 41.8 Å². The summed E-state index contributed by atoms with van der Waals surface area (Å²) in [7, 11) is 0. The van der Waals surface area contributed by atoms with Gasteiger partial charge in [0.25, 0.3) is 17.4 Å². The molecule has 1 saturated heterocycles.